The number of hydrogen-bond donors (Lipinski definition) is 1. The van der Waals surface area contributed by atoms with Crippen LogP contribution in [0.15, 0.2) is 29.2 Å². The van der Waals surface area contributed by atoms with Crippen molar-refractivity contribution < 1.29 is 13.2 Å². The van der Waals surface area contributed by atoms with Crippen LogP contribution in [-0.4, -0.2) is 14.6 Å². The summed E-state index contributed by atoms with van der Waals surface area (Å²) in [7, 11) is 0. The molecule has 0 bridgehead atoms. The molecule has 3 rings (SSSR count). The summed E-state index contributed by atoms with van der Waals surface area (Å²) >= 11 is 0. The van der Waals surface area contributed by atoms with Crippen LogP contribution in [0.1, 0.15) is 5.69 Å². The van der Waals surface area contributed by atoms with E-state index in [0.717, 1.165) is 0 Å². The smallest absolute Gasteiger partial charge is 0.259 e. The molecule has 0 spiro atoms. The summed E-state index contributed by atoms with van der Waals surface area (Å²) in [5.41, 5.74) is -0.781. The van der Waals surface area contributed by atoms with Gasteiger partial charge in [-0.25, -0.2) is 17.7 Å². The molecule has 102 valence electrons. The summed E-state index contributed by atoms with van der Waals surface area (Å²) in [6, 6.07) is 2.62. The summed E-state index contributed by atoms with van der Waals surface area (Å²) in [5, 5.41) is 3.95. The number of fused-ring (bicyclic) bond motifs is 1. The molecule has 20 heavy (non-hydrogen) atoms. The third-order valence-corrected chi connectivity index (χ3v) is 3.05. The fraction of sp³-hybridized carbons (Fsp3) is 0.0769. The predicted octanol–water partition coefficient (Wildman–Crippen LogP) is 2.42. The van der Waals surface area contributed by atoms with Gasteiger partial charge in [0.1, 0.15) is 23.1 Å². The maximum absolute atomic E-state index is 13.8. The van der Waals surface area contributed by atoms with Gasteiger partial charge in [-0.05, 0) is 6.92 Å². The van der Waals surface area contributed by atoms with E-state index in [9.17, 15) is 18.0 Å². The minimum Gasteiger partial charge on any atom is -0.306 e. The highest BCUT2D eigenvalue weighted by molar-refractivity contribution is 5.67. The van der Waals surface area contributed by atoms with Crippen LogP contribution in [0.3, 0.4) is 0 Å². The van der Waals surface area contributed by atoms with E-state index < -0.39 is 28.6 Å². The van der Waals surface area contributed by atoms with Gasteiger partial charge in [-0.2, -0.15) is 5.10 Å². The van der Waals surface area contributed by atoms with E-state index in [1.54, 1.807) is 6.07 Å². The Hall–Kier alpha value is -2.57. The molecule has 0 saturated heterocycles. The first kappa shape index (κ1) is 12.5. The molecule has 0 atom stereocenters. The highest BCUT2D eigenvalue weighted by Crippen LogP contribution is 2.26. The Labute approximate surface area is 110 Å². The zero-order chi connectivity index (χ0) is 14.4. The molecule has 0 saturated carbocycles. The normalized spacial score (nSPS) is 11.2. The second-order valence-electron chi connectivity index (χ2n) is 4.29. The van der Waals surface area contributed by atoms with Crippen LogP contribution in [0.4, 0.5) is 13.2 Å². The van der Waals surface area contributed by atoms with Gasteiger partial charge < -0.3 is 4.98 Å². The molecule has 0 aliphatic carbocycles. The maximum atomic E-state index is 13.8. The first-order valence-electron chi connectivity index (χ1n) is 5.70. The van der Waals surface area contributed by atoms with Crippen molar-refractivity contribution in [1.82, 2.24) is 14.6 Å². The average Bonchev–Trinajstić information content (AvgIpc) is 2.80. The first-order valence-corrected chi connectivity index (χ1v) is 5.70. The molecule has 2 heterocycles. The summed E-state index contributed by atoms with van der Waals surface area (Å²) in [6.45, 7) is 1.51. The molecular weight excluding hydrogens is 271 g/mol. The van der Waals surface area contributed by atoms with Crippen molar-refractivity contribution in [2.24, 2.45) is 0 Å². The van der Waals surface area contributed by atoms with Gasteiger partial charge in [0, 0.05) is 18.2 Å². The fourth-order valence-corrected chi connectivity index (χ4v) is 2.19. The van der Waals surface area contributed by atoms with E-state index in [-0.39, 0.29) is 11.3 Å². The third kappa shape index (κ3) is 1.70. The summed E-state index contributed by atoms with van der Waals surface area (Å²) in [5.74, 6) is -3.32. The third-order valence-electron chi connectivity index (χ3n) is 3.05. The monoisotopic (exact) mass is 279 g/mol. The molecular formula is C13H8F3N3O. The van der Waals surface area contributed by atoms with Gasteiger partial charge in [0.25, 0.3) is 5.56 Å². The molecule has 3 aromatic rings. The van der Waals surface area contributed by atoms with Gasteiger partial charge in [0.2, 0.25) is 0 Å². The molecule has 0 radical (unpaired) electrons. The van der Waals surface area contributed by atoms with Crippen molar-refractivity contribution in [2.75, 3.05) is 0 Å². The van der Waals surface area contributed by atoms with Crippen LogP contribution in [0.2, 0.25) is 0 Å². The standard InChI is InChI=1S/C13H8F3N3O/c1-6-11(12-8(15)4-7(14)5-9(12)16)13(20)18-10-2-3-17-19(6)10/h2-5H,1H3,(H,18,20). The van der Waals surface area contributed by atoms with E-state index in [1.165, 1.54) is 17.6 Å². The Bertz CT molecular complexity index is 859. The number of nitrogens with zero attached hydrogens (tertiary/aromatic N) is 2. The van der Waals surface area contributed by atoms with E-state index in [4.69, 9.17) is 0 Å². The van der Waals surface area contributed by atoms with E-state index in [2.05, 4.69) is 10.1 Å². The quantitative estimate of drug-likeness (QED) is 0.743. The lowest BCUT2D eigenvalue weighted by molar-refractivity contribution is 0.547. The van der Waals surface area contributed by atoms with Crippen LogP contribution in [0.25, 0.3) is 16.8 Å². The largest absolute Gasteiger partial charge is 0.306 e. The number of aromatic nitrogens is 3. The van der Waals surface area contributed by atoms with Crippen molar-refractivity contribution in [3.8, 4) is 11.1 Å². The highest BCUT2D eigenvalue weighted by Gasteiger charge is 2.20. The van der Waals surface area contributed by atoms with E-state index in [1.807, 2.05) is 0 Å². The molecule has 0 unspecified atom stereocenters. The zero-order valence-corrected chi connectivity index (χ0v) is 10.2. The number of hydrogen-bond acceptors (Lipinski definition) is 2. The molecule has 1 N–H and O–H groups in total. The molecule has 0 aliphatic rings. The second-order valence-corrected chi connectivity index (χ2v) is 4.29. The lowest BCUT2D eigenvalue weighted by Crippen LogP contribution is -2.16. The van der Waals surface area contributed by atoms with Crippen molar-refractivity contribution in [3.63, 3.8) is 0 Å². The molecule has 4 nitrogen and oxygen atoms in total. The Balaban J connectivity index is 2.44. The molecule has 0 fully saturated rings. The SMILES string of the molecule is Cc1c(-c2c(F)cc(F)cc2F)c(=O)[nH]c2ccnn12. The number of aryl methyl sites for hydroxylation is 1. The molecule has 1 aromatic carbocycles. The molecule has 2 aromatic heterocycles. The molecule has 0 aliphatic heterocycles. The van der Waals surface area contributed by atoms with Crippen molar-refractivity contribution in [2.45, 2.75) is 6.92 Å². The topological polar surface area (TPSA) is 50.2 Å². The maximum Gasteiger partial charge on any atom is 0.259 e. The Morgan fingerprint density at radius 3 is 2.45 bits per heavy atom. The van der Waals surface area contributed by atoms with Crippen molar-refractivity contribution in [1.29, 1.82) is 0 Å². The summed E-state index contributed by atoms with van der Waals surface area (Å²) in [6.07, 6.45) is 1.44. The van der Waals surface area contributed by atoms with Crippen molar-refractivity contribution in [3.05, 3.63) is 57.9 Å². The highest BCUT2D eigenvalue weighted by atomic mass is 19.1. The first-order chi connectivity index (χ1) is 9.49. The number of nitrogens with one attached hydrogen (secondary N) is 1. The van der Waals surface area contributed by atoms with Crippen LogP contribution < -0.4 is 5.56 Å². The van der Waals surface area contributed by atoms with Gasteiger partial charge in [-0.3, -0.25) is 4.79 Å². The van der Waals surface area contributed by atoms with E-state index >= 15 is 0 Å². The predicted molar refractivity (Wildman–Crippen MR) is 65.9 cm³/mol. The number of benzene rings is 1. The molecule has 0 amide bonds. The second kappa shape index (κ2) is 4.22. The fourth-order valence-electron chi connectivity index (χ4n) is 2.19. The Morgan fingerprint density at radius 1 is 1.15 bits per heavy atom. The minimum absolute atomic E-state index is 0.212. The number of halogens is 3. The number of aromatic amines is 1. The average molecular weight is 279 g/mol. The van der Waals surface area contributed by atoms with Crippen LogP contribution in [0.5, 0.6) is 0 Å². The van der Waals surface area contributed by atoms with Crippen LogP contribution in [0, 0.1) is 24.4 Å². The molecule has 7 heteroatoms. The number of rotatable bonds is 1. The van der Waals surface area contributed by atoms with Gasteiger partial charge in [-0.15, -0.1) is 0 Å². The van der Waals surface area contributed by atoms with Gasteiger partial charge in [0.15, 0.2) is 0 Å². The van der Waals surface area contributed by atoms with E-state index in [0.29, 0.717) is 17.8 Å². The summed E-state index contributed by atoms with van der Waals surface area (Å²) in [4.78, 5) is 14.5. The lowest BCUT2D eigenvalue weighted by atomic mass is 10.0. The Morgan fingerprint density at radius 2 is 1.80 bits per heavy atom. The van der Waals surface area contributed by atoms with Crippen LogP contribution >= 0.6 is 0 Å². The minimum atomic E-state index is -1.14. The van der Waals surface area contributed by atoms with Crippen molar-refractivity contribution >= 4 is 5.65 Å². The lowest BCUT2D eigenvalue weighted by Gasteiger charge is -2.09. The number of H-pyrrole nitrogens is 1. The van der Waals surface area contributed by atoms with Gasteiger partial charge in [-0.1, -0.05) is 0 Å². The Kier molecular flexibility index (Phi) is 2.63. The van der Waals surface area contributed by atoms with Crippen LogP contribution in [-0.2, 0) is 0 Å². The van der Waals surface area contributed by atoms with Gasteiger partial charge >= 0.3 is 0 Å². The summed E-state index contributed by atoms with van der Waals surface area (Å²) < 4.78 is 41.9. The van der Waals surface area contributed by atoms with Gasteiger partial charge in [0.05, 0.1) is 23.0 Å². The zero-order valence-electron chi connectivity index (χ0n) is 10.2.